The third kappa shape index (κ3) is 5.18. The van der Waals surface area contributed by atoms with Gasteiger partial charge in [0.1, 0.15) is 15.9 Å². The van der Waals surface area contributed by atoms with Crippen molar-refractivity contribution in [3.63, 3.8) is 0 Å². The van der Waals surface area contributed by atoms with Gasteiger partial charge in [0, 0.05) is 12.5 Å². The Morgan fingerprint density at radius 3 is 2.48 bits per heavy atom. The molecule has 1 aromatic heterocycles. The summed E-state index contributed by atoms with van der Waals surface area (Å²) in [6.45, 7) is 6.80. The van der Waals surface area contributed by atoms with E-state index in [0.29, 0.717) is 12.2 Å². The number of nitrogens with one attached hydrogen (secondary N) is 1. The summed E-state index contributed by atoms with van der Waals surface area (Å²) in [6.07, 6.45) is 1.63. The lowest BCUT2D eigenvalue weighted by Gasteiger charge is -2.38. The van der Waals surface area contributed by atoms with E-state index in [0.717, 1.165) is 30.7 Å². The van der Waals surface area contributed by atoms with E-state index >= 15 is 0 Å². The maximum Gasteiger partial charge on any atom is 0.330 e. The van der Waals surface area contributed by atoms with Crippen LogP contribution in [0.25, 0.3) is 0 Å². The van der Waals surface area contributed by atoms with Gasteiger partial charge < -0.3 is 10.1 Å². The number of hydrogen-bond donors (Lipinski definition) is 1. The number of esters is 1. The third-order valence-corrected chi connectivity index (χ3v) is 7.88. The van der Waals surface area contributed by atoms with Crippen molar-refractivity contribution in [2.75, 3.05) is 17.4 Å². The fourth-order valence-electron chi connectivity index (χ4n) is 3.52. The lowest BCUT2D eigenvalue weighted by molar-refractivity contribution is -0.157. The van der Waals surface area contributed by atoms with E-state index in [1.165, 1.54) is 4.31 Å². The van der Waals surface area contributed by atoms with E-state index in [2.05, 4.69) is 5.32 Å². The molecule has 0 saturated carbocycles. The lowest BCUT2D eigenvalue weighted by Crippen LogP contribution is -2.54. The second kappa shape index (κ2) is 8.85. The Hall–Kier alpha value is -1.90. The van der Waals surface area contributed by atoms with Crippen molar-refractivity contribution in [3.8, 4) is 0 Å². The minimum Gasteiger partial charge on any atom is -0.458 e. The van der Waals surface area contributed by atoms with Gasteiger partial charge in [-0.15, -0.1) is 11.3 Å². The van der Waals surface area contributed by atoms with Crippen LogP contribution in [-0.4, -0.2) is 39.1 Å². The predicted molar refractivity (Wildman–Crippen MR) is 116 cm³/mol. The first-order chi connectivity index (χ1) is 13.7. The van der Waals surface area contributed by atoms with Crippen LogP contribution in [0, 0.1) is 5.92 Å². The van der Waals surface area contributed by atoms with Gasteiger partial charge in [0.15, 0.2) is 0 Å². The fourth-order valence-corrected chi connectivity index (χ4v) is 6.26. The molecule has 0 spiro atoms. The number of carbonyl (C=O) groups excluding carboxylic acids is 1. The smallest absolute Gasteiger partial charge is 0.330 e. The number of para-hydroxylation sites is 1. The highest BCUT2D eigenvalue weighted by Gasteiger charge is 2.43. The molecular formula is C21H28N2O4S2. The van der Waals surface area contributed by atoms with Gasteiger partial charge in [-0.05, 0) is 63.7 Å². The average molecular weight is 437 g/mol. The molecule has 2 atom stereocenters. The first-order valence-electron chi connectivity index (χ1n) is 9.77. The molecule has 1 saturated heterocycles. The molecule has 2 heterocycles. The number of ether oxygens (including phenoxy) is 1. The largest absolute Gasteiger partial charge is 0.458 e. The van der Waals surface area contributed by atoms with E-state index in [1.807, 2.05) is 6.07 Å². The van der Waals surface area contributed by atoms with Gasteiger partial charge in [0.05, 0.1) is 5.69 Å². The first kappa shape index (κ1) is 21.8. The van der Waals surface area contributed by atoms with Crippen LogP contribution < -0.4 is 9.62 Å². The highest BCUT2D eigenvalue weighted by Crippen LogP contribution is 2.33. The van der Waals surface area contributed by atoms with Crippen LogP contribution >= 0.6 is 11.3 Å². The summed E-state index contributed by atoms with van der Waals surface area (Å²) in [5, 5.41) is 5.02. The SMILES string of the molecule is CC(C)(C)OC(=O)C(C1CCCNC1)N(c1ccccc1)S(=O)(=O)c1cccs1. The van der Waals surface area contributed by atoms with Gasteiger partial charge in [-0.25, -0.2) is 13.2 Å². The molecule has 29 heavy (non-hydrogen) atoms. The van der Waals surface area contributed by atoms with E-state index in [9.17, 15) is 13.2 Å². The molecule has 3 rings (SSSR count). The van der Waals surface area contributed by atoms with Crippen molar-refractivity contribution in [3.05, 3.63) is 47.8 Å². The molecule has 0 amide bonds. The number of nitrogens with zero attached hydrogens (tertiary/aromatic N) is 1. The van der Waals surface area contributed by atoms with E-state index < -0.39 is 27.6 Å². The summed E-state index contributed by atoms with van der Waals surface area (Å²) in [6, 6.07) is 11.1. The Kier molecular flexibility index (Phi) is 6.65. The van der Waals surface area contributed by atoms with Gasteiger partial charge >= 0.3 is 5.97 Å². The zero-order valence-corrected chi connectivity index (χ0v) is 18.6. The number of rotatable bonds is 6. The van der Waals surface area contributed by atoms with Crippen LogP contribution in [0.3, 0.4) is 0 Å². The number of thiophene rings is 1. The summed E-state index contributed by atoms with van der Waals surface area (Å²) in [5.41, 5.74) is -0.255. The summed E-state index contributed by atoms with van der Waals surface area (Å²) in [7, 11) is -3.94. The Morgan fingerprint density at radius 2 is 1.93 bits per heavy atom. The number of sulfonamides is 1. The van der Waals surface area contributed by atoms with Gasteiger partial charge in [0.25, 0.3) is 10.0 Å². The topological polar surface area (TPSA) is 75.7 Å². The quantitative estimate of drug-likeness (QED) is 0.700. The summed E-state index contributed by atoms with van der Waals surface area (Å²) < 4.78 is 34.5. The van der Waals surface area contributed by atoms with Crippen LogP contribution in [-0.2, 0) is 19.6 Å². The van der Waals surface area contributed by atoms with E-state index in [1.54, 1.807) is 62.5 Å². The Morgan fingerprint density at radius 1 is 1.21 bits per heavy atom. The van der Waals surface area contributed by atoms with E-state index in [4.69, 9.17) is 4.74 Å². The van der Waals surface area contributed by atoms with Crippen LogP contribution in [0.1, 0.15) is 33.6 Å². The molecule has 1 aliphatic heterocycles. The molecule has 6 nitrogen and oxygen atoms in total. The molecule has 0 radical (unpaired) electrons. The first-order valence-corrected chi connectivity index (χ1v) is 12.1. The minimum absolute atomic E-state index is 0.187. The Bertz CT molecular complexity index is 900. The molecule has 1 fully saturated rings. The molecule has 2 aromatic rings. The van der Waals surface area contributed by atoms with Crippen LogP contribution in [0.2, 0.25) is 0 Å². The molecule has 1 aromatic carbocycles. The number of anilines is 1. The second-order valence-corrected chi connectivity index (χ2v) is 11.1. The van der Waals surface area contributed by atoms with Crippen LogP contribution in [0.4, 0.5) is 5.69 Å². The maximum atomic E-state index is 13.7. The molecule has 0 aliphatic carbocycles. The number of carbonyl (C=O) groups is 1. The van der Waals surface area contributed by atoms with E-state index in [-0.39, 0.29) is 10.1 Å². The van der Waals surface area contributed by atoms with Crippen molar-refractivity contribution in [1.82, 2.24) is 5.32 Å². The van der Waals surface area contributed by atoms with Crippen LogP contribution in [0.5, 0.6) is 0 Å². The zero-order valence-electron chi connectivity index (χ0n) is 17.0. The maximum absolute atomic E-state index is 13.7. The third-order valence-electron chi connectivity index (χ3n) is 4.70. The normalized spacial score (nSPS) is 18.8. The van der Waals surface area contributed by atoms with Gasteiger partial charge in [-0.1, -0.05) is 24.3 Å². The predicted octanol–water partition coefficient (Wildman–Crippen LogP) is 3.65. The molecule has 158 valence electrons. The molecular weight excluding hydrogens is 408 g/mol. The highest BCUT2D eigenvalue weighted by atomic mass is 32.2. The van der Waals surface area contributed by atoms with Gasteiger partial charge in [0.2, 0.25) is 0 Å². The molecule has 1 aliphatic rings. The fraction of sp³-hybridized carbons (Fsp3) is 0.476. The zero-order chi connectivity index (χ0) is 21.1. The van der Waals surface area contributed by atoms with Crippen molar-refractivity contribution < 1.29 is 17.9 Å². The van der Waals surface area contributed by atoms with Crippen molar-refractivity contribution >= 4 is 33.0 Å². The second-order valence-electron chi connectivity index (χ2n) is 8.15. The Labute approximate surface area is 176 Å². The van der Waals surface area contributed by atoms with Crippen molar-refractivity contribution in [2.45, 2.75) is 49.5 Å². The van der Waals surface area contributed by atoms with Crippen molar-refractivity contribution in [2.24, 2.45) is 5.92 Å². The molecule has 1 N–H and O–H groups in total. The lowest BCUT2D eigenvalue weighted by atomic mass is 9.91. The summed E-state index contributed by atoms with van der Waals surface area (Å²) in [4.78, 5) is 13.3. The molecule has 8 heteroatoms. The number of hydrogen-bond acceptors (Lipinski definition) is 6. The van der Waals surface area contributed by atoms with Gasteiger partial charge in [-0.3, -0.25) is 4.31 Å². The number of benzene rings is 1. The standard InChI is InChI=1S/C21H28N2O4S2/c1-21(2,3)27-20(24)19(16-9-7-13-22-15-16)23(17-10-5-4-6-11-17)29(25,26)18-12-8-14-28-18/h4-6,8,10-12,14,16,19,22H,7,9,13,15H2,1-3H3. The molecule has 0 bridgehead atoms. The average Bonchev–Trinajstić information content (AvgIpc) is 3.21. The van der Waals surface area contributed by atoms with Gasteiger partial charge in [-0.2, -0.15) is 0 Å². The summed E-state index contributed by atoms with van der Waals surface area (Å²) >= 11 is 1.14. The number of piperidine rings is 1. The van der Waals surface area contributed by atoms with Crippen molar-refractivity contribution in [1.29, 1.82) is 0 Å². The van der Waals surface area contributed by atoms with Crippen LogP contribution in [0.15, 0.2) is 52.1 Å². The highest BCUT2D eigenvalue weighted by molar-refractivity contribution is 7.94. The Balaban J connectivity index is 2.13. The monoisotopic (exact) mass is 436 g/mol. The molecule has 2 unspecified atom stereocenters. The minimum atomic E-state index is -3.94. The summed E-state index contributed by atoms with van der Waals surface area (Å²) in [5.74, 6) is -0.705.